The van der Waals surface area contributed by atoms with E-state index >= 15 is 0 Å². The van der Waals surface area contributed by atoms with Crippen LogP contribution in [0, 0.1) is 17.8 Å². The summed E-state index contributed by atoms with van der Waals surface area (Å²) in [5.41, 5.74) is 1.91. The smallest absolute Gasteiger partial charge is 0.220 e. The fourth-order valence-electron chi connectivity index (χ4n) is 7.23. The number of piperidine rings is 1. The Kier molecular flexibility index (Phi) is 4.11. The van der Waals surface area contributed by atoms with Crippen LogP contribution in [0.2, 0.25) is 0 Å². The minimum Gasteiger partial charge on any atom is -0.351 e. The van der Waals surface area contributed by atoms with Crippen LogP contribution >= 0.6 is 0 Å². The van der Waals surface area contributed by atoms with Gasteiger partial charge in [-0.3, -0.25) is 4.79 Å². The summed E-state index contributed by atoms with van der Waals surface area (Å²) in [4.78, 5) is 12.9. The quantitative estimate of drug-likeness (QED) is 0.866. The molecule has 5 aliphatic rings. The molecule has 1 heterocycles. The number of carbonyl (C=O) groups is 1. The van der Waals surface area contributed by atoms with Gasteiger partial charge in [0.1, 0.15) is 0 Å². The van der Waals surface area contributed by atoms with E-state index in [0.717, 1.165) is 50.6 Å². The van der Waals surface area contributed by atoms with E-state index in [4.69, 9.17) is 0 Å². The van der Waals surface area contributed by atoms with Crippen molar-refractivity contribution in [2.45, 2.75) is 68.7 Å². The Hall–Kier alpha value is -1.35. The lowest BCUT2D eigenvalue weighted by molar-refractivity contribution is -0.128. The van der Waals surface area contributed by atoms with Crippen LogP contribution in [0.1, 0.15) is 63.4 Å². The molecule has 1 aliphatic heterocycles. The van der Waals surface area contributed by atoms with E-state index in [1.165, 1.54) is 37.7 Å². The molecule has 1 aromatic carbocycles. The second-order valence-corrected chi connectivity index (χ2v) is 9.83. The molecule has 3 nitrogen and oxygen atoms in total. The van der Waals surface area contributed by atoms with E-state index in [2.05, 4.69) is 41.0 Å². The van der Waals surface area contributed by atoms with Crippen molar-refractivity contribution in [2.75, 3.05) is 13.1 Å². The molecule has 6 rings (SSSR count). The number of hydrogen-bond acceptors (Lipinski definition) is 2. The number of rotatable bonds is 4. The zero-order chi connectivity index (χ0) is 17.6. The fraction of sp³-hybridized carbons (Fsp3) is 0.696. The third kappa shape index (κ3) is 2.98. The van der Waals surface area contributed by atoms with Crippen molar-refractivity contribution in [1.82, 2.24) is 10.6 Å². The molecule has 2 N–H and O–H groups in total. The van der Waals surface area contributed by atoms with E-state index in [9.17, 15) is 4.79 Å². The third-order valence-corrected chi connectivity index (χ3v) is 7.78. The molecule has 26 heavy (non-hydrogen) atoms. The largest absolute Gasteiger partial charge is 0.351 e. The van der Waals surface area contributed by atoms with Crippen LogP contribution in [0.4, 0.5) is 0 Å². The Morgan fingerprint density at radius 1 is 1.04 bits per heavy atom. The second kappa shape index (κ2) is 6.37. The van der Waals surface area contributed by atoms with Crippen molar-refractivity contribution >= 4 is 5.91 Å². The summed E-state index contributed by atoms with van der Waals surface area (Å²) < 4.78 is 0. The Morgan fingerprint density at radius 2 is 1.73 bits per heavy atom. The summed E-state index contributed by atoms with van der Waals surface area (Å²) >= 11 is 0. The number of amides is 1. The highest BCUT2D eigenvalue weighted by Crippen LogP contribution is 2.62. The Morgan fingerprint density at radius 3 is 2.42 bits per heavy atom. The van der Waals surface area contributed by atoms with Crippen molar-refractivity contribution in [2.24, 2.45) is 17.8 Å². The monoisotopic (exact) mass is 352 g/mol. The lowest BCUT2D eigenvalue weighted by Gasteiger charge is -2.62. The molecule has 140 valence electrons. The van der Waals surface area contributed by atoms with Gasteiger partial charge in [-0.05, 0) is 93.2 Å². The average Bonchev–Trinajstić information content (AvgIpc) is 2.61. The molecule has 2 unspecified atom stereocenters. The highest BCUT2D eigenvalue weighted by atomic mass is 16.1. The number of nitrogens with one attached hydrogen (secondary N) is 2. The Bertz CT molecular complexity index is 650. The summed E-state index contributed by atoms with van der Waals surface area (Å²) in [6.07, 6.45) is 10.7. The summed E-state index contributed by atoms with van der Waals surface area (Å²) in [5, 5.41) is 7.01. The zero-order valence-corrected chi connectivity index (χ0v) is 15.8. The predicted molar refractivity (Wildman–Crippen MR) is 104 cm³/mol. The number of benzene rings is 1. The molecule has 4 bridgehead atoms. The first kappa shape index (κ1) is 16.8. The van der Waals surface area contributed by atoms with Crippen molar-refractivity contribution in [1.29, 1.82) is 0 Å². The van der Waals surface area contributed by atoms with E-state index in [-0.39, 0.29) is 5.54 Å². The van der Waals surface area contributed by atoms with Gasteiger partial charge in [-0.25, -0.2) is 0 Å². The topological polar surface area (TPSA) is 41.1 Å². The first-order valence-electron chi connectivity index (χ1n) is 10.7. The molecule has 1 amide bonds. The summed E-state index contributed by atoms with van der Waals surface area (Å²) in [6, 6.07) is 11.2. The van der Waals surface area contributed by atoms with Crippen LogP contribution < -0.4 is 10.6 Å². The van der Waals surface area contributed by atoms with E-state index in [0.29, 0.717) is 17.2 Å². The van der Waals surface area contributed by atoms with E-state index < -0.39 is 0 Å². The van der Waals surface area contributed by atoms with E-state index in [1.807, 2.05) is 0 Å². The minimum absolute atomic E-state index is 0.0733. The van der Waals surface area contributed by atoms with Crippen LogP contribution in [-0.4, -0.2) is 24.5 Å². The molecule has 2 atom stereocenters. The van der Waals surface area contributed by atoms with Crippen LogP contribution in [0.5, 0.6) is 0 Å². The van der Waals surface area contributed by atoms with Crippen LogP contribution in [0.25, 0.3) is 0 Å². The van der Waals surface area contributed by atoms with Gasteiger partial charge in [0.2, 0.25) is 5.91 Å². The average molecular weight is 353 g/mol. The molecule has 0 radical (unpaired) electrons. The van der Waals surface area contributed by atoms with Gasteiger partial charge >= 0.3 is 0 Å². The molecule has 3 heteroatoms. The Balaban J connectivity index is 1.34. The maximum absolute atomic E-state index is 12.9. The van der Waals surface area contributed by atoms with Gasteiger partial charge in [-0.1, -0.05) is 30.3 Å². The molecule has 5 fully saturated rings. The van der Waals surface area contributed by atoms with Crippen molar-refractivity contribution < 1.29 is 4.79 Å². The third-order valence-electron chi connectivity index (χ3n) is 7.78. The SMILES string of the molecule is O=C(CC1CCNCC1)NC12CC3CC(C1)CC(c1ccccc1)(C3)C2. The van der Waals surface area contributed by atoms with E-state index in [1.54, 1.807) is 0 Å². The lowest BCUT2D eigenvalue weighted by Crippen LogP contribution is -2.64. The van der Waals surface area contributed by atoms with Crippen molar-refractivity contribution in [3.8, 4) is 0 Å². The van der Waals surface area contributed by atoms with Crippen molar-refractivity contribution in [3.63, 3.8) is 0 Å². The normalized spacial score (nSPS) is 39.1. The summed E-state index contributed by atoms with van der Waals surface area (Å²) in [5.74, 6) is 2.50. The minimum atomic E-state index is 0.0733. The molecule has 4 aliphatic carbocycles. The fourth-order valence-corrected chi connectivity index (χ4v) is 7.23. The first-order valence-corrected chi connectivity index (χ1v) is 10.7. The van der Waals surface area contributed by atoms with Gasteiger partial charge in [0.15, 0.2) is 0 Å². The molecule has 1 aromatic rings. The van der Waals surface area contributed by atoms with Gasteiger partial charge in [-0.15, -0.1) is 0 Å². The highest BCUT2D eigenvalue weighted by Gasteiger charge is 2.58. The Labute approximate surface area is 157 Å². The molecular weight excluding hydrogens is 320 g/mol. The van der Waals surface area contributed by atoms with Crippen LogP contribution in [-0.2, 0) is 10.2 Å². The number of hydrogen-bond donors (Lipinski definition) is 2. The lowest BCUT2D eigenvalue weighted by atomic mass is 9.45. The van der Waals surface area contributed by atoms with Gasteiger partial charge in [0.05, 0.1) is 0 Å². The summed E-state index contributed by atoms with van der Waals surface area (Å²) in [6.45, 7) is 2.15. The molecule has 4 saturated carbocycles. The maximum Gasteiger partial charge on any atom is 0.220 e. The molecule has 0 spiro atoms. The van der Waals surface area contributed by atoms with Gasteiger partial charge in [0, 0.05) is 12.0 Å². The van der Waals surface area contributed by atoms with Gasteiger partial charge in [0.25, 0.3) is 0 Å². The van der Waals surface area contributed by atoms with Crippen LogP contribution in [0.3, 0.4) is 0 Å². The first-order chi connectivity index (χ1) is 12.6. The highest BCUT2D eigenvalue weighted by molar-refractivity contribution is 5.77. The number of carbonyl (C=O) groups excluding carboxylic acids is 1. The molecule has 0 aromatic heterocycles. The summed E-state index contributed by atoms with van der Waals surface area (Å²) in [7, 11) is 0. The predicted octanol–water partition coefficient (Wildman–Crippen LogP) is 3.78. The maximum atomic E-state index is 12.9. The van der Waals surface area contributed by atoms with Crippen molar-refractivity contribution in [3.05, 3.63) is 35.9 Å². The second-order valence-electron chi connectivity index (χ2n) is 9.83. The van der Waals surface area contributed by atoms with Gasteiger partial charge < -0.3 is 10.6 Å². The standard InChI is InChI=1S/C23H32N2O/c26-21(11-17-6-8-24-9-7-17)25-23-14-18-10-19(15-23)13-22(12-18,16-23)20-4-2-1-3-5-20/h1-5,17-19,24H,6-16H2,(H,25,26). The molecular formula is C23H32N2O. The van der Waals surface area contributed by atoms with Gasteiger partial charge in [-0.2, -0.15) is 0 Å². The zero-order valence-electron chi connectivity index (χ0n) is 15.8. The van der Waals surface area contributed by atoms with Crippen LogP contribution in [0.15, 0.2) is 30.3 Å². The molecule has 1 saturated heterocycles.